The van der Waals surface area contributed by atoms with Gasteiger partial charge in [-0.15, -0.1) is 0 Å². The number of nitrogens with one attached hydrogen (secondary N) is 1. The number of ether oxygens (including phenoxy) is 5. The standard InChI is InChI=1S/C50H51NO15/c1-26-20-27(51-49(60)64-24-34-30-14-9-7-12-28(30)29-13-8-10-15-31(29)34)21-40(65-26)66-36-23-50(61,37(52)25-63-39(55)19-6-4-3-5-18-38(53)54)22-33-42(36)48(59)44-43(46(33)57)45(56)32-16-11-17-35(62-2)41(32)47(44)58/h7-17,26-27,34,36,40,57,59,61H,3-6,18-25H2,1-2H3,(H,51,60)(H,53,54)/t26-,27?,36-,40-,50-/m0/s1. The molecule has 0 aromatic heterocycles. The number of fused-ring (bicyclic) bond motifs is 6. The zero-order valence-electron chi connectivity index (χ0n) is 36.5. The minimum absolute atomic E-state index is 0.0126. The van der Waals surface area contributed by atoms with E-state index in [2.05, 4.69) is 5.32 Å². The fourth-order valence-corrected chi connectivity index (χ4v) is 9.79. The summed E-state index contributed by atoms with van der Waals surface area (Å²) in [4.78, 5) is 78.9. The average molecular weight is 906 g/mol. The van der Waals surface area contributed by atoms with Crippen LogP contribution in [-0.4, -0.2) is 100 Å². The number of carboxylic acid groups (broad SMARTS) is 1. The van der Waals surface area contributed by atoms with E-state index < -0.39 is 108 Å². The first-order valence-corrected chi connectivity index (χ1v) is 22.1. The quantitative estimate of drug-likeness (QED) is 0.0399. The van der Waals surface area contributed by atoms with E-state index in [0.29, 0.717) is 32.1 Å². The first-order chi connectivity index (χ1) is 31.7. The fraction of sp³-hybridized carbons (Fsp3) is 0.400. The SMILES string of the molecule is COc1cccc2c1C(=O)c1c(O)c3c(c(O)c1C2=O)C[C@@](O)(C(=O)COC(=O)CCCCCCC(=O)O)C[C@@H]3O[C@H]1CC(NC(=O)OCC2c3ccccc3-c3ccccc32)C[C@H](C)O1. The summed E-state index contributed by atoms with van der Waals surface area (Å²) in [7, 11) is 1.32. The van der Waals surface area contributed by atoms with Crippen molar-refractivity contribution in [1.29, 1.82) is 0 Å². The van der Waals surface area contributed by atoms with Crippen LogP contribution >= 0.6 is 0 Å². The Morgan fingerprint density at radius 3 is 2.12 bits per heavy atom. The molecule has 4 aromatic carbocycles. The van der Waals surface area contributed by atoms with Gasteiger partial charge in [0.15, 0.2) is 18.7 Å². The van der Waals surface area contributed by atoms with Crippen LogP contribution in [0, 0.1) is 0 Å². The molecule has 0 bridgehead atoms. The molecule has 346 valence electrons. The topological polar surface area (TPSA) is 242 Å². The maximum atomic E-state index is 14.2. The molecule has 5 N–H and O–H groups in total. The molecule has 4 aliphatic rings. The average Bonchev–Trinajstić information content (AvgIpc) is 3.61. The van der Waals surface area contributed by atoms with E-state index in [0.717, 1.165) is 22.3 Å². The predicted molar refractivity (Wildman–Crippen MR) is 234 cm³/mol. The molecule has 0 radical (unpaired) electrons. The number of carboxylic acids is 1. The Kier molecular flexibility index (Phi) is 13.3. The molecular weight excluding hydrogens is 855 g/mol. The number of aliphatic hydroxyl groups is 1. The molecule has 1 unspecified atom stereocenters. The molecule has 5 atom stereocenters. The lowest BCUT2D eigenvalue weighted by Crippen LogP contribution is -2.49. The van der Waals surface area contributed by atoms with Crippen LogP contribution < -0.4 is 10.1 Å². The number of benzene rings is 4. The third-order valence-electron chi connectivity index (χ3n) is 12.9. The van der Waals surface area contributed by atoms with Crippen molar-refractivity contribution in [2.75, 3.05) is 20.3 Å². The third-order valence-corrected chi connectivity index (χ3v) is 12.9. The highest BCUT2D eigenvalue weighted by atomic mass is 16.7. The molecule has 3 aliphatic carbocycles. The maximum Gasteiger partial charge on any atom is 0.407 e. The Morgan fingerprint density at radius 1 is 0.788 bits per heavy atom. The lowest BCUT2D eigenvalue weighted by atomic mass is 9.72. The van der Waals surface area contributed by atoms with Crippen molar-refractivity contribution < 1.29 is 72.9 Å². The smallest absolute Gasteiger partial charge is 0.407 e. The van der Waals surface area contributed by atoms with Gasteiger partial charge in [-0.2, -0.15) is 0 Å². The molecule has 66 heavy (non-hydrogen) atoms. The minimum atomic E-state index is -2.39. The van der Waals surface area contributed by atoms with Gasteiger partial charge >= 0.3 is 18.0 Å². The van der Waals surface area contributed by atoms with Crippen molar-refractivity contribution in [1.82, 2.24) is 5.32 Å². The monoisotopic (exact) mass is 905 g/mol. The lowest BCUT2D eigenvalue weighted by molar-refractivity contribution is -0.227. The molecule has 1 aliphatic heterocycles. The summed E-state index contributed by atoms with van der Waals surface area (Å²) < 4.78 is 29.1. The summed E-state index contributed by atoms with van der Waals surface area (Å²) in [5.74, 6) is -5.78. The number of esters is 1. The third kappa shape index (κ3) is 9.00. The number of phenolic OH excluding ortho intramolecular Hbond substituents is 2. The Morgan fingerprint density at radius 2 is 1.44 bits per heavy atom. The summed E-state index contributed by atoms with van der Waals surface area (Å²) in [6.07, 6.45) is -2.66. The van der Waals surface area contributed by atoms with Gasteiger partial charge in [0.05, 0.1) is 36.0 Å². The number of ketones is 3. The van der Waals surface area contributed by atoms with Gasteiger partial charge in [0, 0.05) is 60.8 Å². The van der Waals surface area contributed by atoms with Crippen molar-refractivity contribution in [3.8, 4) is 28.4 Å². The van der Waals surface area contributed by atoms with Crippen LogP contribution in [0.3, 0.4) is 0 Å². The molecule has 1 heterocycles. The molecule has 16 heteroatoms. The van der Waals surface area contributed by atoms with Gasteiger partial charge in [-0.3, -0.25) is 24.0 Å². The number of unbranched alkanes of at least 4 members (excludes halogenated alkanes) is 3. The summed E-state index contributed by atoms with van der Waals surface area (Å²) in [6.45, 7) is 0.982. The molecule has 1 saturated heterocycles. The number of hydrogen-bond donors (Lipinski definition) is 5. The van der Waals surface area contributed by atoms with Crippen molar-refractivity contribution in [3.63, 3.8) is 0 Å². The van der Waals surface area contributed by atoms with Crippen LogP contribution in [0.4, 0.5) is 4.79 Å². The summed E-state index contributed by atoms with van der Waals surface area (Å²) in [5.41, 5.74) is 0.213. The number of alkyl carbamates (subject to hydrolysis) is 1. The van der Waals surface area contributed by atoms with Gasteiger partial charge in [0.1, 0.15) is 29.5 Å². The van der Waals surface area contributed by atoms with E-state index in [1.807, 2.05) is 48.5 Å². The van der Waals surface area contributed by atoms with E-state index >= 15 is 0 Å². The highest BCUT2D eigenvalue weighted by Crippen LogP contribution is 2.53. The Labute approximate surface area is 379 Å². The molecule has 8 rings (SSSR count). The van der Waals surface area contributed by atoms with Gasteiger partial charge in [-0.05, 0) is 54.5 Å². The first kappa shape index (κ1) is 45.9. The van der Waals surface area contributed by atoms with Crippen molar-refractivity contribution in [2.24, 2.45) is 0 Å². The van der Waals surface area contributed by atoms with E-state index in [9.17, 15) is 44.1 Å². The second-order valence-electron chi connectivity index (χ2n) is 17.3. The number of phenols is 2. The van der Waals surface area contributed by atoms with Crippen LogP contribution in [0.5, 0.6) is 17.2 Å². The van der Waals surface area contributed by atoms with Gasteiger partial charge in [0.2, 0.25) is 11.6 Å². The van der Waals surface area contributed by atoms with Crippen molar-refractivity contribution in [2.45, 2.75) is 107 Å². The number of methoxy groups -OCH3 is 1. The second kappa shape index (κ2) is 19.1. The summed E-state index contributed by atoms with van der Waals surface area (Å²) in [6, 6.07) is 19.7. The van der Waals surface area contributed by atoms with E-state index in [-0.39, 0.29) is 59.8 Å². The number of aromatic hydroxyl groups is 2. The van der Waals surface area contributed by atoms with Crippen LogP contribution in [0.25, 0.3) is 11.1 Å². The Balaban J connectivity index is 1.02. The first-order valence-electron chi connectivity index (χ1n) is 22.1. The number of aliphatic carboxylic acids is 1. The number of carbonyl (C=O) groups is 6. The molecular formula is C50H51NO15. The molecule has 16 nitrogen and oxygen atoms in total. The van der Waals surface area contributed by atoms with Crippen LogP contribution in [0.15, 0.2) is 66.7 Å². The van der Waals surface area contributed by atoms with Crippen molar-refractivity contribution >= 4 is 35.4 Å². The second-order valence-corrected chi connectivity index (χ2v) is 17.3. The molecule has 0 saturated carbocycles. The Bertz CT molecular complexity index is 2560. The summed E-state index contributed by atoms with van der Waals surface area (Å²) >= 11 is 0. The zero-order valence-corrected chi connectivity index (χ0v) is 36.5. The van der Waals surface area contributed by atoms with E-state index in [1.165, 1.54) is 25.3 Å². The number of hydrogen-bond acceptors (Lipinski definition) is 14. The minimum Gasteiger partial charge on any atom is -0.507 e. The molecule has 0 spiro atoms. The normalized spacial score (nSPS) is 21.7. The zero-order chi connectivity index (χ0) is 46.9. The highest BCUT2D eigenvalue weighted by molar-refractivity contribution is 6.31. The molecule has 1 amide bonds. The number of Topliss-reactive ketones (excluding diaryl/α,β-unsaturated/α-hetero) is 1. The van der Waals surface area contributed by atoms with E-state index in [4.69, 9.17) is 28.8 Å². The molecule has 1 fully saturated rings. The summed E-state index contributed by atoms with van der Waals surface area (Å²) in [5, 5.41) is 47.8. The number of rotatable bonds is 16. The van der Waals surface area contributed by atoms with Crippen LogP contribution in [-0.2, 0) is 39.8 Å². The lowest BCUT2D eigenvalue weighted by Gasteiger charge is -2.41. The van der Waals surface area contributed by atoms with Crippen LogP contribution in [0.2, 0.25) is 0 Å². The molecule has 4 aromatic rings. The predicted octanol–water partition coefficient (Wildman–Crippen LogP) is 6.59. The van der Waals surface area contributed by atoms with Crippen molar-refractivity contribution in [3.05, 3.63) is 111 Å². The maximum absolute atomic E-state index is 14.2. The number of amides is 1. The highest BCUT2D eigenvalue weighted by Gasteiger charge is 2.50. The van der Waals surface area contributed by atoms with Gasteiger partial charge < -0.3 is 49.4 Å². The number of carbonyl (C=O) groups excluding carboxylic acids is 5. The van der Waals surface area contributed by atoms with Gasteiger partial charge in [0.25, 0.3) is 0 Å². The van der Waals surface area contributed by atoms with Gasteiger partial charge in [-0.25, -0.2) is 4.79 Å². The fourth-order valence-electron chi connectivity index (χ4n) is 9.79. The largest absolute Gasteiger partial charge is 0.507 e. The van der Waals surface area contributed by atoms with Gasteiger partial charge in [-0.1, -0.05) is 73.5 Å². The Hall–Kier alpha value is -6.62. The van der Waals surface area contributed by atoms with E-state index in [1.54, 1.807) is 6.92 Å². The van der Waals surface area contributed by atoms with Crippen LogP contribution in [0.1, 0.15) is 131 Å².